The average molecular weight is 241 g/mol. The van der Waals surface area contributed by atoms with E-state index in [1.165, 1.54) is 44.9 Å². The van der Waals surface area contributed by atoms with Crippen molar-refractivity contribution in [1.82, 2.24) is 5.32 Å². The van der Waals surface area contributed by atoms with Crippen molar-refractivity contribution in [2.45, 2.75) is 57.1 Å². The molecule has 1 saturated heterocycles. The van der Waals surface area contributed by atoms with Gasteiger partial charge >= 0.3 is 0 Å². The lowest BCUT2D eigenvalue weighted by Crippen LogP contribution is -2.40. The number of hydrogen-bond donors (Lipinski definition) is 1. The van der Waals surface area contributed by atoms with Crippen LogP contribution in [0.15, 0.2) is 0 Å². The lowest BCUT2D eigenvalue weighted by Gasteiger charge is -2.30. The predicted octanol–water partition coefficient (Wildman–Crippen LogP) is 2.35. The summed E-state index contributed by atoms with van der Waals surface area (Å²) < 4.78 is 11.6. The van der Waals surface area contributed by atoms with Crippen LogP contribution < -0.4 is 5.32 Å². The maximum Gasteiger partial charge on any atom is 0.0728 e. The molecule has 0 amide bonds. The van der Waals surface area contributed by atoms with Crippen molar-refractivity contribution in [2.24, 2.45) is 5.92 Å². The van der Waals surface area contributed by atoms with Crippen molar-refractivity contribution < 1.29 is 9.47 Å². The van der Waals surface area contributed by atoms with E-state index < -0.39 is 0 Å². The molecule has 2 fully saturated rings. The first-order chi connectivity index (χ1) is 8.40. The molecule has 3 nitrogen and oxygen atoms in total. The third-order valence-corrected chi connectivity index (χ3v) is 4.14. The zero-order valence-electron chi connectivity index (χ0n) is 11.1. The van der Waals surface area contributed by atoms with Gasteiger partial charge in [0.15, 0.2) is 0 Å². The van der Waals surface area contributed by atoms with E-state index in [4.69, 9.17) is 9.47 Å². The van der Waals surface area contributed by atoms with Crippen molar-refractivity contribution in [3.05, 3.63) is 0 Å². The van der Waals surface area contributed by atoms with Gasteiger partial charge in [0.25, 0.3) is 0 Å². The highest BCUT2D eigenvalue weighted by Crippen LogP contribution is 2.22. The van der Waals surface area contributed by atoms with E-state index in [0.29, 0.717) is 18.1 Å². The van der Waals surface area contributed by atoms with Gasteiger partial charge in [-0.05, 0) is 26.3 Å². The lowest BCUT2D eigenvalue weighted by molar-refractivity contribution is -0.00499. The SMILES string of the molecule is CNC1CCCCCCC1OCC1CCOC1. The van der Waals surface area contributed by atoms with E-state index >= 15 is 0 Å². The number of nitrogens with one attached hydrogen (secondary N) is 1. The second-order valence-corrected chi connectivity index (χ2v) is 5.49. The molecule has 2 rings (SSSR count). The standard InChI is InChI=1S/C14H27NO2/c1-15-13-6-4-2-3-5-7-14(13)17-11-12-8-9-16-10-12/h12-15H,2-11H2,1H3. The first-order valence-corrected chi connectivity index (χ1v) is 7.26. The third-order valence-electron chi connectivity index (χ3n) is 4.14. The van der Waals surface area contributed by atoms with Crippen molar-refractivity contribution in [1.29, 1.82) is 0 Å². The molecule has 1 saturated carbocycles. The largest absolute Gasteiger partial charge is 0.381 e. The van der Waals surface area contributed by atoms with E-state index in [1.807, 2.05) is 0 Å². The fourth-order valence-corrected chi connectivity index (χ4v) is 2.95. The molecule has 0 aromatic carbocycles. The van der Waals surface area contributed by atoms with E-state index in [2.05, 4.69) is 12.4 Å². The molecular formula is C14H27NO2. The molecular weight excluding hydrogens is 214 g/mol. The molecule has 2 aliphatic rings. The average Bonchev–Trinajstić information content (AvgIpc) is 2.81. The molecule has 1 heterocycles. The van der Waals surface area contributed by atoms with Gasteiger partial charge in [-0.1, -0.05) is 25.7 Å². The topological polar surface area (TPSA) is 30.5 Å². The predicted molar refractivity (Wildman–Crippen MR) is 69.2 cm³/mol. The molecule has 0 spiro atoms. The van der Waals surface area contributed by atoms with Crippen LogP contribution in [0.1, 0.15) is 44.9 Å². The van der Waals surface area contributed by atoms with Crippen LogP contribution in [0.25, 0.3) is 0 Å². The first-order valence-electron chi connectivity index (χ1n) is 7.26. The Bertz CT molecular complexity index is 204. The first kappa shape index (κ1) is 13.3. The van der Waals surface area contributed by atoms with E-state index in [1.54, 1.807) is 0 Å². The molecule has 1 aliphatic heterocycles. The van der Waals surface area contributed by atoms with Crippen LogP contribution in [0.2, 0.25) is 0 Å². The highest BCUT2D eigenvalue weighted by atomic mass is 16.5. The van der Waals surface area contributed by atoms with E-state index in [-0.39, 0.29) is 0 Å². The second-order valence-electron chi connectivity index (χ2n) is 5.49. The van der Waals surface area contributed by atoms with Gasteiger partial charge in [-0.25, -0.2) is 0 Å². The van der Waals surface area contributed by atoms with Crippen LogP contribution in [0.5, 0.6) is 0 Å². The van der Waals surface area contributed by atoms with Gasteiger partial charge in [0.2, 0.25) is 0 Å². The smallest absolute Gasteiger partial charge is 0.0728 e. The fourth-order valence-electron chi connectivity index (χ4n) is 2.95. The fraction of sp³-hybridized carbons (Fsp3) is 1.00. The van der Waals surface area contributed by atoms with Gasteiger partial charge in [-0.15, -0.1) is 0 Å². The maximum absolute atomic E-state index is 6.16. The van der Waals surface area contributed by atoms with Gasteiger partial charge in [-0.3, -0.25) is 0 Å². The Morgan fingerprint density at radius 1 is 1.12 bits per heavy atom. The Morgan fingerprint density at radius 3 is 2.65 bits per heavy atom. The van der Waals surface area contributed by atoms with Gasteiger partial charge in [0, 0.05) is 18.6 Å². The zero-order chi connectivity index (χ0) is 11.9. The van der Waals surface area contributed by atoms with Gasteiger partial charge in [-0.2, -0.15) is 0 Å². The van der Waals surface area contributed by atoms with Crippen molar-refractivity contribution >= 4 is 0 Å². The zero-order valence-corrected chi connectivity index (χ0v) is 11.1. The molecule has 0 radical (unpaired) electrons. The Hall–Kier alpha value is -0.120. The van der Waals surface area contributed by atoms with Crippen molar-refractivity contribution in [3.8, 4) is 0 Å². The normalized spacial score (nSPS) is 35.5. The number of rotatable bonds is 4. The molecule has 0 bridgehead atoms. The summed E-state index contributed by atoms with van der Waals surface area (Å²) in [6.45, 7) is 2.72. The number of hydrogen-bond acceptors (Lipinski definition) is 3. The number of ether oxygens (including phenoxy) is 2. The van der Waals surface area contributed by atoms with Crippen LogP contribution in [-0.2, 0) is 9.47 Å². The summed E-state index contributed by atoms with van der Waals surface area (Å²) in [5.41, 5.74) is 0. The van der Waals surface area contributed by atoms with Gasteiger partial charge in [0.1, 0.15) is 0 Å². The second kappa shape index (κ2) is 7.34. The Kier molecular flexibility index (Phi) is 5.75. The summed E-state index contributed by atoms with van der Waals surface area (Å²) in [6.07, 6.45) is 9.52. The van der Waals surface area contributed by atoms with Crippen LogP contribution in [0.4, 0.5) is 0 Å². The molecule has 0 aromatic heterocycles. The third kappa shape index (κ3) is 4.23. The maximum atomic E-state index is 6.16. The molecule has 100 valence electrons. The van der Waals surface area contributed by atoms with Gasteiger partial charge < -0.3 is 14.8 Å². The minimum atomic E-state index is 0.417. The highest BCUT2D eigenvalue weighted by Gasteiger charge is 2.24. The van der Waals surface area contributed by atoms with Crippen LogP contribution in [-0.4, -0.2) is 39.0 Å². The molecule has 1 N–H and O–H groups in total. The summed E-state index contributed by atoms with van der Waals surface area (Å²) in [5.74, 6) is 0.637. The summed E-state index contributed by atoms with van der Waals surface area (Å²) in [4.78, 5) is 0. The Balaban J connectivity index is 1.76. The van der Waals surface area contributed by atoms with Crippen molar-refractivity contribution in [2.75, 3.05) is 26.9 Å². The molecule has 17 heavy (non-hydrogen) atoms. The molecule has 3 heteroatoms. The minimum absolute atomic E-state index is 0.417. The summed E-state index contributed by atoms with van der Waals surface area (Å²) >= 11 is 0. The molecule has 3 atom stereocenters. The van der Waals surface area contributed by atoms with E-state index in [0.717, 1.165) is 19.8 Å². The number of likely N-dealkylation sites (N-methyl/N-ethyl adjacent to an activating group) is 1. The summed E-state index contributed by atoms with van der Waals surface area (Å²) in [6, 6.07) is 0.553. The van der Waals surface area contributed by atoms with Crippen molar-refractivity contribution in [3.63, 3.8) is 0 Å². The Labute approximate surface area is 105 Å². The van der Waals surface area contributed by atoms with Crippen LogP contribution >= 0.6 is 0 Å². The quantitative estimate of drug-likeness (QED) is 0.819. The molecule has 0 aromatic rings. The molecule has 3 unspecified atom stereocenters. The molecule has 1 aliphatic carbocycles. The lowest BCUT2D eigenvalue weighted by atomic mass is 9.94. The summed E-state index contributed by atoms with van der Waals surface area (Å²) in [5, 5.41) is 3.44. The highest BCUT2D eigenvalue weighted by molar-refractivity contribution is 4.79. The summed E-state index contributed by atoms with van der Waals surface area (Å²) in [7, 11) is 2.07. The van der Waals surface area contributed by atoms with Crippen LogP contribution in [0, 0.1) is 5.92 Å². The van der Waals surface area contributed by atoms with Crippen LogP contribution in [0.3, 0.4) is 0 Å². The van der Waals surface area contributed by atoms with E-state index in [9.17, 15) is 0 Å². The minimum Gasteiger partial charge on any atom is -0.381 e. The Morgan fingerprint density at radius 2 is 1.94 bits per heavy atom. The monoisotopic (exact) mass is 241 g/mol. The van der Waals surface area contributed by atoms with Gasteiger partial charge in [0.05, 0.1) is 19.3 Å².